The van der Waals surface area contributed by atoms with Gasteiger partial charge in [0.05, 0.1) is 27.7 Å². The van der Waals surface area contributed by atoms with Gasteiger partial charge in [-0.25, -0.2) is 4.98 Å². The zero-order valence-electron chi connectivity index (χ0n) is 13.9. The van der Waals surface area contributed by atoms with E-state index in [4.69, 9.17) is 4.74 Å². The number of hydrogen-bond acceptors (Lipinski definition) is 5. The van der Waals surface area contributed by atoms with E-state index in [0.29, 0.717) is 45.4 Å². The van der Waals surface area contributed by atoms with Gasteiger partial charge >= 0.3 is 5.97 Å². The minimum absolute atomic E-state index is 0.0572. The highest BCUT2D eigenvalue weighted by Crippen LogP contribution is 2.23. The molecular formula is C18H22N2O3S. The molecule has 5 nitrogen and oxygen atoms in total. The van der Waals surface area contributed by atoms with E-state index in [9.17, 15) is 9.59 Å². The molecule has 1 aromatic carbocycles. The zero-order valence-corrected chi connectivity index (χ0v) is 14.7. The van der Waals surface area contributed by atoms with E-state index < -0.39 is 0 Å². The number of ether oxygens (including phenoxy) is 1. The molecule has 0 radical (unpaired) electrons. The lowest BCUT2D eigenvalue weighted by Crippen LogP contribution is -2.40. The van der Waals surface area contributed by atoms with Gasteiger partial charge in [0.2, 0.25) is 5.91 Å². The van der Waals surface area contributed by atoms with Crippen LogP contribution in [0.3, 0.4) is 0 Å². The van der Waals surface area contributed by atoms with Crippen molar-refractivity contribution in [3.8, 4) is 0 Å². The molecule has 24 heavy (non-hydrogen) atoms. The maximum atomic E-state index is 12.4. The van der Waals surface area contributed by atoms with Crippen LogP contribution in [0.2, 0.25) is 0 Å². The molecule has 0 bridgehead atoms. The molecule has 2 heterocycles. The van der Waals surface area contributed by atoms with E-state index >= 15 is 0 Å². The van der Waals surface area contributed by atoms with Crippen LogP contribution in [-0.4, -0.2) is 41.5 Å². The number of carbonyl (C=O) groups is 2. The van der Waals surface area contributed by atoms with Crippen molar-refractivity contribution in [2.24, 2.45) is 5.92 Å². The summed E-state index contributed by atoms with van der Waals surface area (Å²) in [6.07, 6.45) is 2.55. The summed E-state index contributed by atoms with van der Waals surface area (Å²) < 4.78 is 6.22. The standard InChI is InChI=1S/C18H22N2O3S/c1-2-23-18(22)13-9-11-20(12-10-13)17(21)8-7-16-19-14-5-3-4-6-15(14)24-16/h3-6,13H,2,7-12H2,1H3. The molecule has 2 aromatic rings. The van der Waals surface area contributed by atoms with Gasteiger partial charge in [0.15, 0.2) is 0 Å². The fraction of sp³-hybridized carbons (Fsp3) is 0.500. The summed E-state index contributed by atoms with van der Waals surface area (Å²) in [5.74, 6) is -0.0334. The first kappa shape index (κ1) is 16.9. The van der Waals surface area contributed by atoms with Gasteiger partial charge in [0.25, 0.3) is 0 Å². The number of aromatic nitrogens is 1. The molecule has 1 aromatic heterocycles. The molecule has 0 unspecified atom stereocenters. The molecule has 1 saturated heterocycles. The van der Waals surface area contributed by atoms with Gasteiger partial charge in [-0.2, -0.15) is 0 Å². The zero-order chi connectivity index (χ0) is 16.9. The molecule has 6 heteroatoms. The number of amides is 1. The summed E-state index contributed by atoms with van der Waals surface area (Å²) in [5.41, 5.74) is 1.00. The van der Waals surface area contributed by atoms with Gasteiger partial charge in [-0.05, 0) is 31.9 Å². The van der Waals surface area contributed by atoms with Gasteiger partial charge in [-0.3, -0.25) is 9.59 Å². The molecule has 0 aliphatic carbocycles. The van der Waals surface area contributed by atoms with Crippen LogP contribution in [0.25, 0.3) is 10.2 Å². The van der Waals surface area contributed by atoms with E-state index in [2.05, 4.69) is 11.1 Å². The molecule has 128 valence electrons. The number of likely N-dealkylation sites (tertiary alicyclic amines) is 1. The second-order valence-electron chi connectivity index (χ2n) is 5.98. The summed E-state index contributed by atoms with van der Waals surface area (Å²) in [6.45, 7) is 3.52. The van der Waals surface area contributed by atoms with E-state index in [1.807, 2.05) is 30.0 Å². The summed E-state index contributed by atoms with van der Waals surface area (Å²) in [4.78, 5) is 30.5. The third kappa shape index (κ3) is 3.93. The maximum Gasteiger partial charge on any atom is 0.309 e. The number of para-hydroxylation sites is 1. The first-order chi connectivity index (χ1) is 11.7. The Morgan fingerprint density at radius 1 is 1.29 bits per heavy atom. The number of fused-ring (bicyclic) bond motifs is 1. The van der Waals surface area contributed by atoms with Crippen molar-refractivity contribution in [1.82, 2.24) is 9.88 Å². The predicted molar refractivity (Wildman–Crippen MR) is 93.9 cm³/mol. The van der Waals surface area contributed by atoms with E-state index in [0.717, 1.165) is 15.2 Å². The molecular weight excluding hydrogens is 324 g/mol. The molecule has 0 atom stereocenters. The van der Waals surface area contributed by atoms with Crippen molar-refractivity contribution in [2.45, 2.75) is 32.6 Å². The fourth-order valence-electron chi connectivity index (χ4n) is 3.02. The number of aryl methyl sites for hydroxylation is 1. The molecule has 0 saturated carbocycles. The third-order valence-electron chi connectivity index (χ3n) is 4.36. The topological polar surface area (TPSA) is 59.5 Å². The van der Waals surface area contributed by atoms with Crippen molar-refractivity contribution in [3.63, 3.8) is 0 Å². The highest BCUT2D eigenvalue weighted by molar-refractivity contribution is 7.18. The first-order valence-electron chi connectivity index (χ1n) is 8.46. The number of rotatable bonds is 5. The van der Waals surface area contributed by atoms with Crippen molar-refractivity contribution in [3.05, 3.63) is 29.3 Å². The number of nitrogens with zero attached hydrogens (tertiary/aromatic N) is 2. The molecule has 0 N–H and O–H groups in total. The Balaban J connectivity index is 1.48. The Morgan fingerprint density at radius 2 is 2.04 bits per heavy atom. The van der Waals surface area contributed by atoms with Gasteiger partial charge in [-0.15, -0.1) is 11.3 Å². The maximum absolute atomic E-state index is 12.4. The smallest absolute Gasteiger partial charge is 0.309 e. The Morgan fingerprint density at radius 3 is 2.75 bits per heavy atom. The predicted octanol–water partition coefficient (Wildman–Crippen LogP) is 3.03. The quantitative estimate of drug-likeness (QED) is 0.781. The number of carbonyl (C=O) groups excluding carboxylic acids is 2. The Labute approximate surface area is 145 Å². The average molecular weight is 346 g/mol. The largest absolute Gasteiger partial charge is 0.466 e. The Bertz CT molecular complexity index is 687. The number of benzene rings is 1. The van der Waals surface area contributed by atoms with Gasteiger partial charge in [0, 0.05) is 25.9 Å². The summed E-state index contributed by atoms with van der Waals surface area (Å²) >= 11 is 1.65. The van der Waals surface area contributed by atoms with Gasteiger partial charge in [-0.1, -0.05) is 12.1 Å². The highest BCUT2D eigenvalue weighted by Gasteiger charge is 2.28. The lowest BCUT2D eigenvalue weighted by Gasteiger charge is -2.30. The number of esters is 1. The number of thiazole rings is 1. The number of piperidine rings is 1. The van der Waals surface area contributed by atoms with Crippen LogP contribution in [0.5, 0.6) is 0 Å². The first-order valence-corrected chi connectivity index (χ1v) is 9.28. The Hall–Kier alpha value is -1.95. The Kier molecular flexibility index (Phi) is 5.45. The molecule has 1 aliphatic heterocycles. The fourth-order valence-corrected chi connectivity index (χ4v) is 3.99. The molecule has 1 amide bonds. The molecule has 0 spiro atoms. The summed E-state index contributed by atoms with van der Waals surface area (Å²) in [6, 6.07) is 8.03. The number of hydrogen-bond donors (Lipinski definition) is 0. The molecule has 1 fully saturated rings. The van der Waals surface area contributed by atoms with Crippen LogP contribution in [0, 0.1) is 5.92 Å². The highest BCUT2D eigenvalue weighted by atomic mass is 32.1. The monoisotopic (exact) mass is 346 g/mol. The van der Waals surface area contributed by atoms with E-state index in [1.165, 1.54) is 0 Å². The SMILES string of the molecule is CCOC(=O)C1CCN(C(=O)CCc2nc3ccccc3s2)CC1. The van der Waals surface area contributed by atoms with Crippen molar-refractivity contribution in [2.75, 3.05) is 19.7 Å². The van der Waals surface area contributed by atoms with Gasteiger partial charge < -0.3 is 9.64 Å². The average Bonchev–Trinajstić information content (AvgIpc) is 3.03. The van der Waals surface area contributed by atoms with Crippen molar-refractivity contribution < 1.29 is 14.3 Å². The summed E-state index contributed by atoms with van der Waals surface area (Å²) in [5, 5.41) is 1.01. The molecule has 3 rings (SSSR count). The summed E-state index contributed by atoms with van der Waals surface area (Å²) in [7, 11) is 0. The van der Waals surface area contributed by atoms with Crippen LogP contribution in [0.15, 0.2) is 24.3 Å². The van der Waals surface area contributed by atoms with E-state index in [-0.39, 0.29) is 17.8 Å². The van der Waals surface area contributed by atoms with E-state index in [1.54, 1.807) is 11.3 Å². The van der Waals surface area contributed by atoms with Crippen LogP contribution in [-0.2, 0) is 20.7 Å². The van der Waals surface area contributed by atoms with Crippen LogP contribution < -0.4 is 0 Å². The lowest BCUT2D eigenvalue weighted by atomic mass is 9.97. The van der Waals surface area contributed by atoms with Gasteiger partial charge in [0.1, 0.15) is 0 Å². The normalized spacial score (nSPS) is 15.6. The van der Waals surface area contributed by atoms with Crippen LogP contribution >= 0.6 is 11.3 Å². The molecule has 1 aliphatic rings. The van der Waals surface area contributed by atoms with Crippen molar-refractivity contribution in [1.29, 1.82) is 0 Å². The minimum atomic E-state index is -0.126. The van der Waals surface area contributed by atoms with Crippen LogP contribution in [0.1, 0.15) is 31.2 Å². The minimum Gasteiger partial charge on any atom is -0.466 e. The van der Waals surface area contributed by atoms with Crippen LogP contribution in [0.4, 0.5) is 0 Å². The van der Waals surface area contributed by atoms with Crippen molar-refractivity contribution >= 4 is 33.4 Å². The second kappa shape index (κ2) is 7.75. The second-order valence-corrected chi connectivity index (χ2v) is 7.10. The lowest BCUT2D eigenvalue weighted by molar-refractivity contribution is -0.151. The third-order valence-corrected chi connectivity index (χ3v) is 5.45.